The Morgan fingerprint density at radius 1 is 1.67 bits per heavy atom. The quantitative estimate of drug-likeness (QED) is 0.663. The second-order valence-electron chi connectivity index (χ2n) is 3.21. The van der Waals surface area contributed by atoms with Gasteiger partial charge in [-0.05, 0) is 6.92 Å². The van der Waals surface area contributed by atoms with Crippen molar-refractivity contribution in [2.45, 2.75) is 13.3 Å². The Balaban J connectivity index is 2.06. The highest BCUT2D eigenvalue weighted by Crippen LogP contribution is 2.18. The normalized spacial score (nSPS) is 12.9. The lowest BCUT2D eigenvalue weighted by atomic mass is 10.3. The van der Waals surface area contributed by atoms with Crippen molar-refractivity contribution >= 4 is 17.7 Å². The van der Waals surface area contributed by atoms with Crippen molar-refractivity contribution in [3.63, 3.8) is 0 Å². The number of fused-ring (bicyclic) bond motifs is 1. The molecule has 3 N–H and O–H groups in total. The van der Waals surface area contributed by atoms with Crippen molar-refractivity contribution in [1.29, 1.82) is 0 Å². The Morgan fingerprint density at radius 3 is 3.33 bits per heavy atom. The van der Waals surface area contributed by atoms with Gasteiger partial charge in [-0.1, -0.05) is 0 Å². The van der Waals surface area contributed by atoms with Gasteiger partial charge in [-0.15, -0.1) is 0 Å². The monoisotopic (exact) mass is 207 g/mol. The summed E-state index contributed by atoms with van der Waals surface area (Å²) >= 11 is 0. The zero-order chi connectivity index (χ0) is 10.7. The fourth-order valence-electron chi connectivity index (χ4n) is 1.43. The van der Waals surface area contributed by atoms with Gasteiger partial charge in [-0.3, -0.25) is 5.32 Å². The number of nitrogens with one attached hydrogen (secondary N) is 3. The molecular weight excluding hydrogens is 194 g/mol. The Morgan fingerprint density at radius 2 is 2.53 bits per heavy atom. The summed E-state index contributed by atoms with van der Waals surface area (Å²) in [6.45, 7) is 3.31. The lowest BCUT2D eigenvalue weighted by molar-refractivity contribution is 0.252. The number of aromatic nitrogens is 2. The largest absolute Gasteiger partial charge is 0.368 e. The predicted octanol–water partition coefficient (Wildman–Crippen LogP) is 0.586. The van der Waals surface area contributed by atoms with Crippen LogP contribution in [-0.2, 0) is 6.42 Å². The molecule has 1 aromatic heterocycles. The van der Waals surface area contributed by atoms with E-state index in [1.54, 1.807) is 6.20 Å². The molecule has 0 bridgehead atoms. The molecule has 0 aliphatic carbocycles. The van der Waals surface area contributed by atoms with E-state index in [0.29, 0.717) is 12.4 Å². The number of rotatable bonds is 2. The number of carbonyl (C=O) groups is 1. The van der Waals surface area contributed by atoms with Crippen molar-refractivity contribution in [2.75, 3.05) is 23.7 Å². The fourth-order valence-corrected chi connectivity index (χ4v) is 1.43. The molecule has 6 heteroatoms. The van der Waals surface area contributed by atoms with E-state index in [1.807, 2.05) is 6.92 Å². The van der Waals surface area contributed by atoms with E-state index in [0.717, 1.165) is 24.5 Å². The van der Waals surface area contributed by atoms with Crippen molar-refractivity contribution in [3.8, 4) is 0 Å². The molecule has 80 valence electrons. The molecule has 0 atom stereocenters. The first kappa shape index (κ1) is 9.70. The molecule has 15 heavy (non-hydrogen) atoms. The smallest absolute Gasteiger partial charge is 0.320 e. The average molecular weight is 207 g/mol. The standard InChI is InChI=1S/C9H13N5O/c1-2-10-9(15)14-7-5-12-8-6(13-7)3-4-11-8/h5H,2-4H2,1H3,(H,11,12)(H2,10,13,14,15). The molecule has 0 fully saturated rings. The third-order valence-electron chi connectivity index (χ3n) is 2.08. The summed E-state index contributed by atoms with van der Waals surface area (Å²) in [5, 5.41) is 8.35. The van der Waals surface area contributed by atoms with Crippen LogP contribution in [0.25, 0.3) is 0 Å². The second-order valence-corrected chi connectivity index (χ2v) is 3.21. The number of urea groups is 1. The van der Waals surface area contributed by atoms with Crippen LogP contribution in [0.15, 0.2) is 6.20 Å². The molecule has 1 aromatic rings. The van der Waals surface area contributed by atoms with Gasteiger partial charge in [-0.2, -0.15) is 0 Å². The van der Waals surface area contributed by atoms with Crippen LogP contribution in [-0.4, -0.2) is 29.1 Å². The van der Waals surface area contributed by atoms with E-state index >= 15 is 0 Å². The Hall–Kier alpha value is -1.85. The highest BCUT2D eigenvalue weighted by molar-refractivity contribution is 5.88. The van der Waals surface area contributed by atoms with E-state index in [1.165, 1.54) is 0 Å². The molecular formula is C9H13N5O. The molecule has 0 saturated carbocycles. The van der Waals surface area contributed by atoms with E-state index < -0.39 is 0 Å². The molecule has 2 rings (SSSR count). The van der Waals surface area contributed by atoms with Gasteiger partial charge in [0.1, 0.15) is 5.82 Å². The van der Waals surface area contributed by atoms with Gasteiger partial charge in [0.25, 0.3) is 0 Å². The van der Waals surface area contributed by atoms with Gasteiger partial charge in [0.05, 0.1) is 11.9 Å². The number of hydrogen-bond acceptors (Lipinski definition) is 4. The molecule has 6 nitrogen and oxygen atoms in total. The van der Waals surface area contributed by atoms with Gasteiger partial charge in [-0.25, -0.2) is 14.8 Å². The van der Waals surface area contributed by atoms with E-state index in [-0.39, 0.29) is 6.03 Å². The Kier molecular flexibility index (Phi) is 2.66. The minimum Gasteiger partial charge on any atom is -0.368 e. The minimum absolute atomic E-state index is 0.252. The maximum Gasteiger partial charge on any atom is 0.320 e. The molecule has 1 aliphatic heterocycles. The number of anilines is 2. The maximum absolute atomic E-state index is 11.2. The van der Waals surface area contributed by atoms with Crippen molar-refractivity contribution in [2.24, 2.45) is 0 Å². The summed E-state index contributed by atoms with van der Waals surface area (Å²) in [5.41, 5.74) is 0.907. The molecule has 0 spiro atoms. The number of hydrogen-bond donors (Lipinski definition) is 3. The number of amides is 2. The van der Waals surface area contributed by atoms with Gasteiger partial charge in [0, 0.05) is 19.5 Å². The summed E-state index contributed by atoms with van der Waals surface area (Å²) < 4.78 is 0. The van der Waals surface area contributed by atoms with Gasteiger partial charge in [0.2, 0.25) is 0 Å². The second kappa shape index (κ2) is 4.12. The number of nitrogens with zero attached hydrogens (tertiary/aromatic N) is 2. The fraction of sp³-hybridized carbons (Fsp3) is 0.444. The summed E-state index contributed by atoms with van der Waals surface area (Å²) in [6.07, 6.45) is 2.40. The molecule has 0 saturated heterocycles. The zero-order valence-corrected chi connectivity index (χ0v) is 8.50. The molecule has 1 aliphatic rings. The minimum atomic E-state index is -0.252. The SMILES string of the molecule is CCNC(=O)Nc1cnc2c(n1)CCN2. The van der Waals surface area contributed by atoms with Crippen LogP contribution in [0.3, 0.4) is 0 Å². The molecule has 0 unspecified atom stereocenters. The third-order valence-corrected chi connectivity index (χ3v) is 2.08. The first-order chi connectivity index (χ1) is 7.29. The van der Waals surface area contributed by atoms with Crippen LogP contribution in [0.5, 0.6) is 0 Å². The van der Waals surface area contributed by atoms with E-state index in [4.69, 9.17) is 0 Å². The molecule has 2 amide bonds. The summed E-state index contributed by atoms with van der Waals surface area (Å²) in [4.78, 5) is 19.6. The lowest BCUT2D eigenvalue weighted by Crippen LogP contribution is -2.28. The summed E-state index contributed by atoms with van der Waals surface area (Å²) in [5.74, 6) is 1.31. The van der Waals surface area contributed by atoms with Crippen molar-refractivity contribution in [3.05, 3.63) is 11.9 Å². The van der Waals surface area contributed by atoms with Gasteiger partial charge in [0.15, 0.2) is 5.82 Å². The van der Waals surface area contributed by atoms with Crippen molar-refractivity contribution in [1.82, 2.24) is 15.3 Å². The van der Waals surface area contributed by atoms with Crippen molar-refractivity contribution < 1.29 is 4.79 Å². The van der Waals surface area contributed by atoms with Gasteiger partial charge >= 0.3 is 6.03 Å². The van der Waals surface area contributed by atoms with Crippen LogP contribution in [0.4, 0.5) is 16.4 Å². The molecule has 2 heterocycles. The lowest BCUT2D eigenvalue weighted by Gasteiger charge is -2.05. The third kappa shape index (κ3) is 2.15. The maximum atomic E-state index is 11.2. The Bertz CT molecular complexity index is 379. The summed E-state index contributed by atoms with van der Waals surface area (Å²) in [7, 11) is 0. The first-order valence-electron chi connectivity index (χ1n) is 4.94. The van der Waals surface area contributed by atoms with Crippen LogP contribution in [0.1, 0.15) is 12.6 Å². The predicted molar refractivity (Wildman–Crippen MR) is 56.9 cm³/mol. The van der Waals surface area contributed by atoms with E-state index in [9.17, 15) is 4.79 Å². The topological polar surface area (TPSA) is 78.9 Å². The van der Waals surface area contributed by atoms with Crippen LogP contribution < -0.4 is 16.0 Å². The number of carbonyl (C=O) groups excluding carboxylic acids is 1. The first-order valence-corrected chi connectivity index (χ1v) is 4.94. The van der Waals surface area contributed by atoms with Crippen LogP contribution >= 0.6 is 0 Å². The highest BCUT2D eigenvalue weighted by Gasteiger charge is 2.13. The van der Waals surface area contributed by atoms with Crippen LogP contribution in [0, 0.1) is 0 Å². The zero-order valence-electron chi connectivity index (χ0n) is 8.50. The summed E-state index contributed by atoms with van der Waals surface area (Å²) in [6, 6.07) is -0.252. The van der Waals surface area contributed by atoms with Crippen LogP contribution in [0.2, 0.25) is 0 Å². The van der Waals surface area contributed by atoms with E-state index in [2.05, 4.69) is 25.9 Å². The average Bonchev–Trinajstić information content (AvgIpc) is 2.65. The van der Waals surface area contributed by atoms with Gasteiger partial charge < -0.3 is 10.6 Å². The Labute approximate surface area is 87.5 Å². The highest BCUT2D eigenvalue weighted by atomic mass is 16.2. The molecule has 0 radical (unpaired) electrons. The molecule has 0 aromatic carbocycles.